The molecule has 0 bridgehead atoms. The highest BCUT2D eigenvalue weighted by Gasteiger charge is 2.09. The molecule has 4 nitrogen and oxygen atoms in total. The Labute approximate surface area is 110 Å². The zero-order valence-corrected chi connectivity index (χ0v) is 12.2. The van der Waals surface area contributed by atoms with Crippen LogP contribution in [0.15, 0.2) is 12.1 Å². The van der Waals surface area contributed by atoms with E-state index in [0.29, 0.717) is 5.88 Å². The average molecular weight is 251 g/mol. The average Bonchev–Trinajstić information content (AvgIpc) is 2.27. The van der Waals surface area contributed by atoms with Crippen molar-refractivity contribution in [2.24, 2.45) is 0 Å². The molecule has 1 unspecified atom stereocenters. The molecule has 4 heteroatoms. The van der Waals surface area contributed by atoms with Crippen molar-refractivity contribution < 1.29 is 4.74 Å². The lowest BCUT2D eigenvalue weighted by atomic mass is 10.1. The highest BCUT2D eigenvalue weighted by atomic mass is 16.5. The maximum atomic E-state index is 5.66. The normalized spacial score (nSPS) is 13.4. The molecule has 0 aromatic carbocycles. The fourth-order valence-electron chi connectivity index (χ4n) is 1.53. The summed E-state index contributed by atoms with van der Waals surface area (Å²) in [6.07, 6.45) is 2.35. The Hall–Kier alpha value is -1.16. The lowest BCUT2D eigenvalue weighted by Crippen LogP contribution is -2.35. The first-order chi connectivity index (χ1) is 8.40. The van der Waals surface area contributed by atoms with E-state index >= 15 is 0 Å². The minimum Gasteiger partial charge on any atom is -0.474 e. The van der Waals surface area contributed by atoms with Crippen LogP contribution in [0.5, 0.6) is 5.88 Å². The van der Waals surface area contributed by atoms with Crippen LogP contribution in [0.1, 0.15) is 53.2 Å². The van der Waals surface area contributed by atoms with E-state index in [0.717, 1.165) is 25.1 Å². The van der Waals surface area contributed by atoms with Gasteiger partial charge in [-0.05, 0) is 40.2 Å². The summed E-state index contributed by atoms with van der Waals surface area (Å²) >= 11 is 0. The molecule has 1 heterocycles. The van der Waals surface area contributed by atoms with Crippen molar-refractivity contribution in [3.8, 4) is 5.88 Å². The van der Waals surface area contributed by atoms with E-state index in [4.69, 9.17) is 4.74 Å². The first-order valence-corrected chi connectivity index (χ1v) is 6.65. The van der Waals surface area contributed by atoms with Crippen molar-refractivity contribution in [3.63, 3.8) is 0 Å². The van der Waals surface area contributed by atoms with Gasteiger partial charge in [0.1, 0.15) is 0 Å². The minimum atomic E-state index is 0.0898. The van der Waals surface area contributed by atoms with Gasteiger partial charge in [0, 0.05) is 18.2 Å². The van der Waals surface area contributed by atoms with Crippen LogP contribution in [0.4, 0.5) is 0 Å². The first-order valence-electron chi connectivity index (χ1n) is 6.65. The summed E-state index contributed by atoms with van der Waals surface area (Å²) in [5.41, 5.74) is 1.02. The summed E-state index contributed by atoms with van der Waals surface area (Å²) < 4.78 is 5.66. The van der Waals surface area contributed by atoms with Crippen LogP contribution in [0.2, 0.25) is 0 Å². The number of ether oxygens (including phenoxy) is 1. The monoisotopic (exact) mass is 251 g/mol. The van der Waals surface area contributed by atoms with Crippen LogP contribution in [-0.2, 0) is 6.54 Å². The van der Waals surface area contributed by atoms with Gasteiger partial charge in [-0.3, -0.25) is 0 Å². The molecule has 0 radical (unpaired) electrons. The van der Waals surface area contributed by atoms with Crippen LogP contribution >= 0.6 is 0 Å². The minimum absolute atomic E-state index is 0.0898. The van der Waals surface area contributed by atoms with Gasteiger partial charge in [0.05, 0.1) is 11.8 Å². The highest BCUT2D eigenvalue weighted by Crippen LogP contribution is 2.10. The zero-order valence-electron chi connectivity index (χ0n) is 12.2. The van der Waals surface area contributed by atoms with Crippen LogP contribution in [0, 0.1) is 0 Å². The van der Waals surface area contributed by atoms with Crippen molar-refractivity contribution in [1.82, 2.24) is 15.5 Å². The quantitative estimate of drug-likeness (QED) is 0.844. The van der Waals surface area contributed by atoms with Crippen molar-refractivity contribution >= 4 is 0 Å². The van der Waals surface area contributed by atoms with E-state index in [2.05, 4.69) is 50.1 Å². The Morgan fingerprint density at radius 3 is 2.50 bits per heavy atom. The van der Waals surface area contributed by atoms with E-state index in [-0.39, 0.29) is 11.6 Å². The molecule has 0 spiro atoms. The fourth-order valence-corrected chi connectivity index (χ4v) is 1.53. The van der Waals surface area contributed by atoms with E-state index in [9.17, 15) is 0 Å². The van der Waals surface area contributed by atoms with Crippen LogP contribution in [-0.4, -0.2) is 21.8 Å². The van der Waals surface area contributed by atoms with Gasteiger partial charge in [0.15, 0.2) is 0 Å². The Bertz CT molecular complexity index is 343. The largest absolute Gasteiger partial charge is 0.474 e. The molecular weight excluding hydrogens is 226 g/mol. The van der Waals surface area contributed by atoms with Gasteiger partial charge in [-0.1, -0.05) is 13.3 Å². The zero-order chi connectivity index (χ0) is 13.6. The van der Waals surface area contributed by atoms with E-state index in [1.807, 2.05) is 12.1 Å². The number of aromatic nitrogens is 2. The third kappa shape index (κ3) is 5.96. The highest BCUT2D eigenvalue weighted by molar-refractivity contribution is 5.11. The molecule has 0 amide bonds. The Morgan fingerprint density at radius 2 is 2.00 bits per heavy atom. The molecule has 1 rings (SSSR count). The van der Waals surface area contributed by atoms with Gasteiger partial charge in [-0.15, -0.1) is 5.10 Å². The molecule has 18 heavy (non-hydrogen) atoms. The second kappa shape index (κ2) is 6.69. The predicted octanol–water partition coefficient (Wildman–Crippen LogP) is 2.93. The van der Waals surface area contributed by atoms with Crippen molar-refractivity contribution in [1.29, 1.82) is 0 Å². The standard InChI is InChI=1S/C14H25N3O/c1-6-7-11(2)18-13-9-8-12(16-17-13)10-15-14(3,4)5/h8-9,11,15H,6-7,10H2,1-5H3. The molecule has 0 saturated carbocycles. The smallest absolute Gasteiger partial charge is 0.233 e. The maximum absolute atomic E-state index is 5.66. The molecule has 1 aromatic heterocycles. The first kappa shape index (κ1) is 14.9. The molecule has 0 aliphatic carbocycles. The molecule has 102 valence electrons. The lowest BCUT2D eigenvalue weighted by Gasteiger charge is -2.20. The Kier molecular flexibility index (Phi) is 5.54. The second-order valence-corrected chi connectivity index (χ2v) is 5.68. The van der Waals surface area contributed by atoms with Crippen molar-refractivity contribution in [3.05, 3.63) is 17.8 Å². The SMILES string of the molecule is CCCC(C)Oc1ccc(CNC(C)(C)C)nn1. The summed E-state index contributed by atoms with van der Waals surface area (Å²) in [6, 6.07) is 3.85. The molecular formula is C14H25N3O. The third-order valence-electron chi connectivity index (χ3n) is 2.51. The topological polar surface area (TPSA) is 47.0 Å². The second-order valence-electron chi connectivity index (χ2n) is 5.68. The van der Waals surface area contributed by atoms with E-state index in [1.165, 1.54) is 0 Å². The summed E-state index contributed by atoms with van der Waals surface area (Å²) in [4.78, 5) is 0. The number of nitrogens with one attached hydrogen (secondary N) is 1. The van der Waals surface area contributed by atoms with Crippen molar-refractivity contribution in [2.45, 2.75) is 65.6 Å². The van der Waals surface area contributed by atoms with Gasteiger partial charge in [0.2, 0.25) is 5.88 Å². The number of hydrogen-bond acceptors (Lipinski definition) is 4. The third-order valence-corrected chi connectivity index (χ3v) is 2.51. The summed E-state index contributed by atoms with van der Waals surface area (Å²) in [7, 11) is 0. The van der Waals surface area contributed by atoms with Gasteiger partial charge < -0.3 is 10.1 Å². The van der Waals surface area contributed by atoms with Crippen molar-refractivity contribution in [2.75, 3.05) is 0 Å². The van der Waals surface area contributed by atoms with Crippen LogP contribution < -0.4 is 10.1 Å². The molecule has 0 saturated heterocycles. The number of hydrogen-bond donors (Lipinski definition) is 1. The predicted molar refractivity (Wildman–Crippen MR) is 73.6 cm³/mol. The molecule has 0 aliphatic heterocycles. The summed E-state index contributed by atoms with van der Waals surface area (Å²) in [6.45, 7) is 11.3. The van der Waals surface area contributed by atoms with Crippen LogP contribution in [0.3, 0.4) is 0 Å². The lowest BCUT2D eigenvalue weighted by molar-refractivity contribution is 0.199. The summed E-state index contributed by atoms with van der Waals surface area (Å²) in [5.74, 6) is 0.607. The molecule has 1 aromatic rings. The Balaban J connectivity index is 2.47. The van der Waals surface area contributed by atoms with Gasteiger partial charge in [0.25, 0.3) is 0 Å². The number of nitrogens with zero attached hydrogens (tertiary/aromatic N) is 2. The molecule has 1 atom stereocenters. The van der Waals surface area contributed by atoms with Gasteiger partial charge >= 0.3 is 0 Å². The van der Waals surface area contributed by atoms with Gasteiger partial charge in [-0.2, -0.15) is 5.10 Å². The van der Waals surface area contributed by atoms with Crippen LogP contribution in [0.25, 0.3) is 0 Å². The molecule has 0 fully saturated rings. The summed E-state index contributed by atoms with van der Waals surface area (Å²) in [5, 5.41) is 11.6. The molecule has 1 N–H and O–H groups in total. The maximum Gasteiger partial charge on any atom is 0.233 e. The number of rotatable bonds is 6. The van der Waals surface area contributed by atoms with E-state index in [1.54, 1.807) is 0 Å². The van der Waals surface area contributed by atoms with Gasteiger partial charge in [-0.25, -0.2) is 0 Å². The molecule has 0 aliphatic rings. The fraction of sp³-hybridized carbons (Fsp3) is 0.714. The van der Waals surface area contributed by atoms with E-state index < -0.39 is 0 Å². The Morgan fingerprint density at radius 1 is 1.28 bits per heavy atom.